The Labute approximate surface area is 112 Å². The molecule has 0 spiro atoms. The second-order valence-electron chi connectivity index (χ2n) is 4.29. The first-order valence-electron chi connectivity index (χ1n) is 6.25. The molecule has 0 unspecified atom stereocenters. The molecule has 0 aliphatic rings. The average Bonchev–Trinajstić information content (AvgIpc) is 2.96. The number of aliphatic imine (C=N–C) groups is 1. The van der Waals surface area contributed by atoms with Crippen molar-refractivity contribution < 1.29 is 0 Å². The van der Waals surface area contributed by atoms with Gasteiger partial charge in [0, 0.05) is 5.69 Å². The fourth-order valence-corrected chi connectivity index (χ4v) is 1.93. The van der Waals surface area contributed by atoms with Gasteiger partial charge in [0.05, 0.1) is 17.6 Å². The van der Waals surface area contributed by atoms with Crippen molar-refractivity contribution in [3.63, 3.8) is 0 Å². The van der Waals surface area contributed by atoms with Crippen LogP contribution in [0.5, 0.6) is 0 Å². The summed E-state index contributed by atoms with van der Waals surface area (Å²) in [6, 6.07) is 24.3. The molecule has 0 bridgehead atoms. The molecule has 0 aliphatic heterocycles. The van der Waals surface area contributed by atoms with Crippen LogP contribution < -0.4 is 0 Å². The van der Waals surface area contributed by atoms with E-state index >= 15 is 0 Å². The van der Waals surface area contributed by atoms with E-state index in [0.29, 0.717) is 0 Å². The van der Waals surface area contributed by atoms with Gasteiger partial charge in [0.2, 0.25) is 0 Å². The van der Waals surface area contributed by atoms with Crippen molar-refractivity contribution in [1.29, 1.82) is 0 Å². The van der Waals surface area contributed by atoms with Gasteiger partial charge in [-0.25, -0.2) is 0 Å². The third-order valence-corrected chi connectivity index (χ3v) is 2.90. The second-order valence-corrected chi connectivity index (χ2v) is 4.29. The molecule has 0 saturated carbocycles. The topological polar surface area (TPSA) is 28.1 Å². The molecule has 1 aromatic heterocycles. The minimum atomic E-state index is 0.957. The molecule has 1 N–H and O–H groups in total. The number of benzene rings is 2. The second kappa shape index (κ2) is 5.36. The molecule has 3 rings (SSSR count). The Hall–Kier alpha value is -2.61. The predicted octanol–water partition coefficient (Wildman–Crippen LogP) is 4.43. The quantitative estimate of drug-likeness (QED) is 0.662. The number of para-hydroxylation sites is 1. The third-order valence-electron chi connectivity index (χ3n) is 2.90. The van der Waals surface area contributed by atoms with Gasteiger partial charge in [0.1, 0.15) is 0 Å². The van der Waals surface area contributed by atoms with Gasteiger partial charge in [-0.2, -0.15) is 0 Å². The number of nitrogens with one attached hydrogen (secondary N) is 1. The molecule has 19 heavy (non-hydrogen) atoms. The van der Waals surface area contributed by atoms with Crippen LogP contribution in [-0.4, -0.2) is 11.2 Å². The summed E-state index contributed by atoms with van der Waals surface area (Å²) in [5.74, 6) is 0. The Bertz CT molecular complexity index is 667. The Balaban J connectivity index is 1.81. The van der Waals surface area contributed by atoms with Crippen LogP contribution in [0.25, 0.3) is 11.3 Å². The normalized spacial score (nSPS) is 10.9. The van der Waals surface area contributed by atoms with Crippen molar-refractivity contribution in [2.75, 3.05) is 0 Å². The van der Waals surface area contributed by atoms with E-state index in [9.17, 15) is 0 Å². The number of rotatable bonds is 3. The molecule has 92 valence electrons. The zero-order valence-electron chi connectivity index (χ0n) is 10.5. The summed E-state index contributed by atoms with van der Waals surface area (Å²) in [4.78, 5) is 7.78. The maximum atomic E-state index is 4.43. The van der Waals surface area contributed by atoms with Gasteiger partial charge in [-0.3, -0.25) is 4.99 Å². The largest absolute Gasteiger partial charge is 0.354 e. The van der Waals surface area contributed by atoms with Gasteiger partial charge in [0.25, 0.3) is 0 Å². The van der Waals surface area contributed by atoms with E-state index in [1.807, 2.05) is 60.8 Å². The highest BCUT2D eigenvalue weighted by molar-refractivity contribution is 5.81. The SMILES string of the molecule is C(=Nc1ccccc1)c1ccc(-c2ccccc2)[nH]1. The zero-order valence-corrected chi connectivity index (χ0v) is 10.5. The van der Waals surface area contributed by atoms with E-state index in [1.165, 1.54) is 5.56 Å². The highest BCUT2D eigenvalue weighted by atomic mass is 14.8. The highest BCUT2D eigenvalue weighted by Crippen LogP contribution is 2.17. The minimum absolute atomic E-state index is 0.957. The molecule has 2 heteroatoms. The first-order chi connectivity index (χ1) is 9.42. The van der Waals surface area contributed by atoms with Crippen molar-refractivity contribution in [2.24, 2.45) is 4.99 Å². The number of hydrogen-bond donors (Lipinski definition) is 1. The van der Waals surface area contributed by atoms with Crippen molar-refractivity contribution in [2.45, 2.75) is 0 Å². The summed E-state index contributed by atoms with van der Waals surface area (Å²) in [7, 11) is 0. The molecule has 0 saturated heterocycles. The summed E-state index contributed by atoms with van der Waals surface area (Å²) >= 11 is 0. The van der Waals surface area contributed by atoms with Crippen LogP contribution in [0.1, 0.15) is 5.69 Å². The Kier molecular flexibility index (Phi) is 3.24. The van der Waals surface area contributed by atoms with E-state index in [4.69, 9.17) is 0 Å². The lowest BCUT2D eigenvalue weighted by Gasteiger charge is -1.96. The smallest absolute Gasteiger partial charge is 0.0630 e. The molecule has 0 aliphatic carbocycles. The van der Waals surface area contributed by atoms with Gasteiger partial charge in [0.15, 0.2) is 0 Å². The minimum Gasteiger partial charge on any atom is -0.354 e. The van der Waals surface area contributed by atoms with Gasteiger partial charge in [-0.1, -0.05) is 48.5 Å². The first kappa shape index (κ1) is 11.5. The fourth-order valence-electron chi connectivity index (χ4n) is 1.93. The molecule has 0 radical (unpaired) electrons. The molecule has 1 heterocycles. The van der Waals surface area contributed by atoms with Crippen molar-refractivity contribution >= 4 is 11.9 Å². The standard InChI is InChI=1S/C17H14N2/c1-3-7-14(8-4-1)17-12-11-16(19-17)13-18-15-9-5-2-6-10-15/h1-13,19H. The molecular weight excluding hydrogens is 232 g/mol. The van der Waals surface area contributed by atoms with Crippen LogP contribution in [0.2, 0.25) is 0 Å². The van der Waals surface area contributed by atoms with Crippen molar-refractivity contribution in [1.82, 2.24) is 4.98 Å². The number of nitrogens with zero attached hydrogens (tertiary/aromatic N) is 1. The number of aromatic nitrogens is 1. The Morgan fingerprint density at radius 1 is 0.737 bits per heavy atom. The highest BCUT2D eigenvalue weighted by Gasteiger charge is 1.98. The van der Waals surface area contributed by atoms with Crippen LogP contribution in [0.3, 0.4) is 0 Å². The first-order valence-corrected chi connectivity index (χ1v) is 6.25. The Morgan fingerprint density at radius 3 is 2.16 bits per heavy atom. The molecule has 2 nitrogen and oxygen atoms in total. The summed E-state index contributed by atoms with van der Waals surface area (Å²) < 4.78 is 0. The van der Waals surface area contributed by atoms with Crippen molar-refractivity contribution in [3.05, 3.63) is 78.5 Å². The van der Waals surface area contributed by atoms with E-state index in [2.05, 4.69) is 28.2 Å². The number of aromatic amines is 1. The van der Waals surface area contributed by atoms with E-state index < -0.39 is 0 Å². The molecule has 0 amide bonds. The van der Waals surface area contributed by atoms with Crippen LogP contribution in [0.15, 0.2) is 77.8 Å². The zero-order chi connectivity index (χ0) is 12.9. The maximum absolute atomic E-state index is 4.43. The fraction of sp³-hybridized carbons (Fsp3) is 0. The average molecular weight is 246 g/mol. The van der Waals surface area contributed by atoms with Crippen molar-refractivity contribution in [3.8, 4) is 11.3 Å². The third kappa shape index (κ3) is 2.80. The van der Waals surface area contributed by atoms with Gasteiger partial charge >= 0.3 is 0 Å². The summed E-state index contributed by atoms with van der Waals surface area (Å²) in [5, 5.41) is 0. The van der Waals surface area contributed by atoms with Crippen LogP contribution >= 0.6 is 0 Å². The molecular formula is C17H14N2. The summed E-state index contributed by atoms with van der Waals surface area (Å²) in [6.45, 7) is 0. The van der Waals surface area contributed by atoms with E-state index in [0.717, 1.165) is 17.1 Å². The lowest BCUT2D eigenvalue weighted by Crippen LogP contribution is -1.81. The Morgan fingerprint density at radius 2 is 1.42 bits per heavy atom. The molecule has 3 aromatic rings. The van der Waals surface area contributed by atoms with Crippen LogP contribution in [0.4, 0.5) is 5.69 Å². The lowest BCUT2D eigenvalue weighted by atomic mass is 10.2. The number of hydrogen-bond acceptors (Lipinski definition) is 1. The van der Waals surface area contributed by atoms with E-state index in [1.54, 1.807) is 0 Å². The van der Waals surface area contributed by atoms with Gasteiger partial charge < -0.3 is 4.98 Å². The predicted molar refractivity (Wildman–Crippen MR) is 79.9 cm³/mol. The lowest BCUT2D eigenvalue weighted by molar-refractivity contribution is 1.37. The van der Waals surface area contributed by atoms with Gasteiger partial charge in [-0.15, -0.1) is 0 Å². The molecule has 2 aromatic carbocycles. The monoisotopic (exact) mass is 246 g/mol. The molecule has 0 fully saturated rings. The number of H-pyrrole nitrogens is 1. The maximum Gasteiger partial charge on any atom is 0.0630 e. The van der Waals surface area contributed by atoms with Crippen LogP contribution in [-0.2, 0) is 0 Å². The molecule has 0 atom stereocenters. The van der Waals surface area contributed by atoms with E-state index in [-0.39, 0.29) is 0 Å². The summed E-state index contributed by atoms with van der Waals surface area (Å²) in [5.41, 5.74) is 4.25. The van der Waals surface area contributed by atoms with Gasteiger partial charge in [-0.05, 0) is 29.8 Å². The summed E-state index contributed by atoms with van der Waals surface area (Å²) in [6.07, 6.45) is 1.85. The van der Waals surface area contributed by atoms with Crippen LogP contribution in [0, 0.1) is 0 Å².